The van der Waals surface area contributed by atoms with Crippen LogP contribution in [0.1, 0.15) is 67.2 Å². The number of hydrogen-bond donors (Lipinski definition) is 2. The van der Waals surface area contributed by atoms with Gasteiger partial charge in [0, 0.05) is 36.4 Å². The minimum absolute atomic E-state index is 0.0871. The maximum Gasteiger partial charge on any atom is 0.264 e. The summed E-state index contributed by atoms with van der Waals surface area (Å²) in [6, 6.07) is 13.4. The van der Waals surface area contributed by atoms with Crippen LogP contribution in [0.3, 0.4) is 0 Å². The first-order valence-electron chi connectivity index (χ1n) is 16.5. The molecule has 1 amide bonds. The zero-order valence-corrected chi connectivity index (χ0v) is 29.4. The van der Waals surface area contributed by atoms with E-state index >= 15 is 0 Å². The van der Waals surface area contributed by atoms with Crippen LogP contribution in [0.5, 0.6) is 5.88 Å². The Kier molecular flexibility index (Phi) is 9.84. The van der Waals surface area contributed by atoms with E-state index in [1.54, 1.807) is 35.5 Å². The highest BCUT2D eigenvalue weighted by Gasteiger charge is 2.32. The Morgan fingerprint density at radius 3 is 2.45 bits per heavy atom. The predicted molar refractivity (Wildman–Crippen MR) is 187 cm³/mol. The molecule has 2 N–H and O–H groups in total. The first-order valence-corrected chi connectivity index (χ1v) is 18.0. The van der Waals surface area contributed by atoms with E-state index in [0.717, 1.165) is 29.5 Å². The SMILES string of the molecule is Cc1cccc(C)c1-c1cc2nc(n1)NS(=O)(=O)c1cccc(c1)C(=O)N(Cc1cncc(NC3CCOCC3)n1)[C@H](CC(C)(C)C)CO2. The molecular formula is C36H43N7O5S. The summed E-state index contributed by atoms with van der Waals surface area (Å²) in [5, 5.41) is 3.46. The topological polar surface area (TPSA) is 149 Å². The van der Waals surface area contributed by atoms with Crippen LogP contribution in [-0.4, -0.2) is 71.1 Å². The van der Waals surface area contributed by atoms with Crippen LogP contribution in [0, 0.1) is 19.3 Å². The fourth-order valence-corrected chi connectivity index (χ4v) is 7.31. The van der Waals surface area contributed by atoms with Crippen molar-refractivity contribution in [3.8, 4) is 17.1 Å². The molecule has 0 radical (unpaired) electrons. The van der Waals surface area contributed by atoms with Crippen molar-refractivity contribution in [1.82, 2.24) is 24.8 Å². The van der Waals surface area contributed by atoms with E-state index in [4.69, 9.17) is 14.5 Å². The van der Waals surface area contributed by atoms with E-state index in [1.165, 1.54) is 12.1 Å². The van der Waals surface area contributed by atoms with Crippen molar-refractivity contribution in [2.24, 2.45) is 5.41 Å². The summed E-state index contributed by atoms with van der Waals surface area (Å²) in [5.74, 6) is 0.329. The van der Waals surface area contributed by atoms with Crippen LogP contribution in [0.2, 0.25) is 0 Å². The number of amides is 1. The molecular weight excluding hydrogens is 643 g/mol. The first-order chi connectivity index (χ1) is 23.3. The third-order valence-electron chi connectivity index (χ3n) is 8.62. The second-order valence-corrected chi connectivity index (χ2v) is 15.6. The third kappa shape index (κ3) is 8.34. The van der Waals surface area contributed by atoms with Gasteiger partial charge in [-0.3, -0.25) is 9.78 Å². The van der Waals surface area contributed by atoms with Gasteiger partial charge >= 0.3 is 0 Å². The number of benzene rings is 2. The lowest BCUT2D eigenvalue weighted by Gasteiger charge is -2.35. The predicted octanol–water partition coefficient (Wildman–Crippen LogP) is 5.78. The van der Waals surface area contributed by atoms with Crippen molar-refractivity contribution in [3.63, 3.8) is 0 Å². The Bertz CT molecular complexity index is 1920. The lowest BCUT2D eigenvalue weighted by Crippen LogP contribution is -2.45. The molecule has 2 aromatic heterocycles. The molecule has 4 heterocycles. The molecule has 1 fully saturated rings. The Morgan fingerprint density at radius 1 is 0.980 bits per heavy atom. The monoisotopic (exact) mass is 685 g/mol. The van der Waals surface area contributed by atoms with Crippen molar-refractivity contribution >= 4 is 27.7 Å². The number of nitrogens with one attached hydrogen (secondary N) is 2. The molecule has 0 spiro atoms. The van der Waals surface area contributed by atoms with Crippen LogP contribution < -0.4 is 14.8 Å². The molecule has 6 rings (SSSR count). The number of sulfonamides is 1. The number of nitrogens with zero attached hydrogens (tertiary/aromatic N) is 5. The van der Waals surface area contributed by atoms with Gasteiger partial charge in [-0.05, 0) is 67.9 Å². The Labute approximate surface area is 287 Å². The van der Waals surface area contributed by atoms with E-state index in [2.05, 4.69) is 45.8 Å². The van der Waals surface area contributed by atoms with Crippen LogP contribution in [0.4, 0.5) is 11.8 Å². The summed E-state index contributed by atoms with van der Waals surface area (Å²) in [6.07, 6.45) is 5.64. The standard InChI is InChI=1S/C36H43N7O5S/c1-23-8-6-9-24(2)33(23)30-17-32-41-35(40-30)42-49(45,46)29-11-7-10-25(16-29)34(44)43(28(22-48-32)18-36(3,4)5)21-27-19-37-20-31(39-27)38-26-12-14-47-15-13-26/h6-11,16-17,19-20,26,28H,12-15,18,21-22H2,1-5H3,(H,38,39)(H,40,41,42)/t28-/m1/s1. The van der Waals surface area contributed by atoms with Gasteiger partial charge in [0.05, 0.1) is 41.3 Å². The number of fused-ring (bicyclic) bond motifs is 4. The number of carbonyl (C=O) groups excluding carboxylic acids is 1. The van der Waals surface area contributed by atoms with E-state index in [0.29, 0.717) is 36.8 Å². The van der Waals surface area contributed by atoms with Crippen LogP contribution in [0.25, 0.3) is 11.3 Å². The molecule has 1 atom stereocenters. The van der Waals surface area contributed by atoms with Crippen molar-refractivity contribution in [3.05, 3.63) is 83.3 Å². The maximum absolute atomic E-state index is 14.5. The summed E-state index contributed by atoms with van der Waals surface area (Å²) in [5.41, 5.74) is 3.92. The Balaban J connectivity index is 1.43. The minimum atomic E-state index is -4.18. The largest absolute Gasteiger partial charge is 0.475 e. The molecule has 0 unspecified atom stereocenters. The molecule has 2 aliphatic rings. The molecule has 49 heavy (non-hydrogen) atoms. The molecule has 2 aromatic carbocycles. The normalized spacial score (nSPS) is 18.3. The second-order valence-electron chi connectivity index (χ2n) is 13.9. The van der Waals surface area contributed by atoms with Crippen LogP contribution in [0.15, 0.2) is 65.8 Å². The summed E-state index contributed by atoms with van der Waals surface area (Å²) in [4.78, 5) is 34.5. The van der Waals surface area contributed by atoms with E-state index in [-0.39, 0.29) is 52.8 Å². The average molecular weight is 686 g/mol. The van der Waals surface area contributed by atoms with Gasteiger partial charge in [-0.25, -0.2) is 23.1 Å². The summed E-state index contributed by atoms with van der Waals surface area (Å²) in [6.45, 7) is 11.8. The number of hydrogen-bond acceptors (Lipinski definition) is 10. The van der Waals surface area contributed by atoms with Gasteiger partial charge in [-0.1, -0.05) is 45.0 Å². The van der Waals surface area contributed by atoms with Gasteiger partial charge in [0.1, 0.15) is 12.4 Å². The van der Waals surface area contributed by atoms with Gasteiger partial charge < -0.3 is 19.7 Å². The van der Waals surface area contributed by atoms with Gasteiger partial charge in [0.2, 0.25) is 11.8 Å². The Hall–Kier alpha value is -4.62. The van der Waals surface area contributed by atoms with Crippen molar-refractivity contribution < 1.29 is 22.7 Å². The molecule has 258 valence electrons. The number of ether oxygens (including phenoxy) is 2. The lowest BCUT2D eigenvalue weighted by atomic mass is 9.87. The Morgan fingerprint density at radius 2 is 1.71 bits per heavy atom. The molecule has 0 saturated carbocycles. The van der Waals surface area contributed by atoms with Gasteiger partial charge in [-0.2, -0.15) is 4.98 Å². The highest BCUT2D eigenvalue weighted by Crippen LogP contribution is 2.32. The number of carbonyl (C=O) groups is 1. The number of rotatable bonds is 6. The van der Waals surface area contributed by atoms with Crippen LogP contribution >= 0.6 is 0 Å². The van der Waals surface area contributed by atoms with E-state index in [1.807, 2.05) is 32.0 Å². The number of aryl methyl sites for hydroxylation is 2. The second kappa shape index (κ2) is 14.1. The molecule has 12 nitrogen and oxygen atoms in total. The highest BCUT2D eigenvalue weighted by molar-refractivity contribution is 7.92. The molecule has 4 aromatic rings. The summed E-state index contributed by atoms with van der Waals surface area (Å²) in [7, 11) is -4.18. The van der Waals surface area contributed by atoms with E-state index < -0.39 is 16.1 Å². The lowest BCUT2D eigenvalue weighted by molar-refractivity contribution is 0.0509. The molecule has 0 aliphatic carbocycles. The zero-order valence-electron chi connectivity index (χ0n) is 28.6. The highest BCUT2D eigenvalue weighted by atomic mass is 32.2. The van der Waals surface area contributed by atoms with E-state index in [9.17, 15) is 13.2 Å². The fraction of sp³-hybridized carbons (Fsp3) is 0.417. The van der Waals surface area contributed by atoms with Gasteiger partial charge in [0.25, 0.3) is 15.9 Å². The zero-order chi connectivity index (χ0) is 34.8. The molecule has 13 heteroatoms. The first kappa shape index (κ1) is 34.3. The van der Waals surface area contributed by atoms with Gasteiger partial charge in [0.15, 0.2) is 0 Å². The van der Waals surface area contributed by atoms with Crippen molar-refractivity contribution in [2.45, 2.75) is 77.4 Å². The van der Waals surface area contributed by atoms with Gasteiger partial charge in [-0.15, -0.1) is 0 Å². The smallest absolute Gasteiger partial charge is 0.264 e. The van der Waals surface area contributed by atoms with Crippen molar-refractivity contribution in [2.75, 3.05) is 29.9 Å². The molecule has 2 aliphatic heterocycles. The summed E-state index contributed by atoms with van der Waals surface area (Å²) >= 11 is 0. The summed E-state index contributed by atoms with van der Waals surface area (Å²) < 4.78 is 41.8. The minimum Gasteiger partial charge on any atom is -0.475 e. The average Bonchev–Trinajstić information content (AvgIpc) is 3.05. The molecule has 4 bridgehead atoms. The maximum atomic E-state index is 14.5. The number of aromatic nitrogens is 4. The van der Waals surface area contributed by atoms with Crippen LogP contribution in [-0.2, 0) is 21.3 Å². The quantitative estimate of drug-likeness (QED) is 0.256. The molecule has 1 saturated heterocycles. The third-order valence-corrected chi connectivity index (χ3v) is 9.95. The fourth-order valence-electron chi connectivity index (χ4n) is 6.32. The number of anilines is 2. The van der Waals surface area contributed by atoms with Crippen molar-refractivity contribution in [1.29, 1.82) is 0 Å².